The van der Waals surface area contributed by atoms with Crippen molar-refractivity contribution in [2.75, 3.05) is 0 Å². The third-order valence-corrected chi connectivity index (χ3v) is 3.39. The Morgan fingerprint density at radius 2 is 2.31 bits per heavy atom. The minimum atomic E-state index is 0.213. The van der Waals surface area contributed by atoms with E-state index in [9.17, 15) is 4.79 Å². The number of hydrogen-bond donors (Lipinski definition) is 0. The zero-order valence-electron chi connectivity index (χ0n) is 7.26. The second-order valence-corrected chi connectivity index (χ2v) is 4.15. The maximum atomic E-state index is 10.3. The molecular formula is C10H10BrClO. The summed E-state index contributed by atoms with van der Waals surface area (Å²) < 4.78 is 0.894. The lowest BCUT2D eigenvalue weighted by Gasteiger charge is -2.11. The highest BCUT2D eigenvalue weighted by molar-refractivity contribution is 9.10. The number of hydrogen-bond acceptors (Lipinski definition) is 1. The number of benzene rings is 1. The second-order valence-electron chi connectivity index (χ2n) is 2.95. The van der Waals surface area contributed by atoms with Crippen molar-refractivity contribution < 1.29 is 4.79 Å². The fraction of sp³-hybridized carbons (Fsp3) is 0.300. The monoisotopic (exact) mass is 260 g/mol. The minimum absolute atomic E-state index is 0.213. The molecule has 0 saturated heterocycles. The van der Waals surface area contributed by atoms with Crippen LogP contribution in [0.25, 0.3) is 0 Å². The van der Waals surface area contributed by atoms with Crippen molar-refractivity contribution in [3.63, 3.8) is 0 Å². The van der Waals surface area contributed by atoms with E-state index in [1.54, 1.807) is 0 Å². The maximum Gasteiger partial charge on any atom is 0.120 e. The first-order valence-electron chi connectivity index (χ1n) is 4.04. The molecule has 0 amide bonds. The summed E-state index contributed by atoms with van der Waals surface area (Å²) in [6.45, 7) is 2.00. The molecule has 0 spiro atoms. The minimum Gasteiger partial charge on any atom is -0.303 e. The normalized spacial score (nSPS) is 12.5. The number of carbonyl (C=O) groups excluding carboxylic acids is 1. The molecule has 0 fully saturated rings. The van der Waals surface area contributed by atoms with Crippen LogP contribution in [0.15, 0.2) is 22.7 Å². The van der Waals surface area contributed by atoms with Crippen LogP contribution in [0.2, 0.25) is 5.02 Å². The highest BCUT2D eigenvalue weighted by atomic mass is 79.9. The highest BCUT2D eigenvalue weighted by Crippen LogP contribution is 2.32. The summed E-state index contributed by atoms with van der Waals surface area (Å²) in [5.41, 5.74) is 1.08. The SMILES string of the molecule is CC(CC=O)c1cccc(Cl)c1Br. The summed E-state index contributed by atoms with van der Waals surface area (Å²) in [5, 5.41) is 0.690. The summed E-state index contributed by atoms with van der Waals surface area (Å²) in [4.78, 5) is 10.3. The summed E-state index contributed by atoms with van der Waals surface area (Å²) in [7, 11) is 0. The lowest BCUT2D eigenvalue weighted by Crippen LogP contribution is -1.95. The van der Waals surface area contributed by atoms with Gasteiger partial charge in [0.2, 0.25) is 0 Å². The topological polar surface area (TPSA) is 17.1 Å². The van der Waals surface area contributed by atoms with Gasteiger partial charge in [0, 0.05) is 10.9 Å². The zero-order chi connectivity index (χ0) is 9.84. The van der Waals surface area contributed by atoms with Gasteiger partial charge in [-0.15, -0.1) is 0 Å². The van der Waals surface area contributed by atoms with Crippen molar-refractivity contribution in [1.29, 1.82) is 0 Å². The van der Waals surface area contributed by atoms with Crippen LogP contribution in [-0.2, 0) is 4.79 Å². The Morgan fingerprint density at radius 3 is 2.92 bits per heavy atom. The quantitative estimate of drug-likeness (QED) is 0.757. The number of rotatable bonds is 3. The van der Waals surface area contributed by atoms with Gasteiger partial charge in [-0.3, -0.25) is 0 Å². The van der Waals surface area contributed by atoms with Crippen LogP contribution in [-0.4, -0.2) is 6.29 Å². The van der Waals surface area contributed by atoms with Crippen LogP contribution in [0.1, 0.15) is 24.8 Å². The van der Waals surface area contributed by atoms with Crippen LogP contribution >= 0.6 is 27.5 Å². The summed E-state index contributed by atoms with van der Waals surface area (Å²) in [6.07, 6.45) is 1.46. The van der Waals surface area contributed by atoms with E-state index in [0.717, 1.165) is 16.3 Å². The third kappa shape index (κ3) is 2.55. The molecule has 1 rings (SSSR count). The fourth-order valence-corrected chi connectivity index (χ4v) is 2.01. The molecule has 0 radical (unpaired) electrons. The molecule has 0 heterocycles. The van der Waals surface area contributed by atoms with E-state index in [1.807, 2.05) is 25.1 Å². The molecule has 0 bridgehead atoms. The summed E-state index contributed by atoms with van der Waals surface area (Å²) in [6, 6.07) is 5.69. The van der Waals surface area contributed by atoms with E-state index in [1.165, 1.54) is 0 Å². The van der Waals surface area contributed by atoms with Crippen molar-refractivity contribution in [3.05, 3.63) is 33.3 Å². The van der Waals surface area contributed by atoms with Gasteiger partial charge >= 0.3 is 0 Å². The largest absolute Gasteiger partial charge is 0.303 e. The first kappa shape index (κ1) is 10.7. The van der Waals surface area contributed by atoms with Gasteiger partial charge in [0.05, 0.1) is 5.02 Å². The fourth-order valence-electron chi connectivity index (χ4n) is 1.17. The number of halogens is 2. The first-order valence-corrected chi connectivity index (χ1v) is 5.21. The molecule has 0 aliphatic heterocycles. The molecular weight excluding hydrogens is 251 g/mol. The molecule has 0 aliphatic carbocycles. The van der Waals surface area contributed by atoms with Crippen LogP contribution in [0.5, 0.6) is 0 Å². The van der Waals surface area contributed by atoms with Gasteiger partial charge in [0.1, 0.15) is 6.29 Å². The lowest BCUT2D eigenvalue weighted by atomic mass is 9.99. The Morgan fingerprint density at radius 1 is 1.62 bits per heavy atom. The molecule has 1 nitrogen and oxygen atoms in total. The molecule has 0 aromatic heterocycles. The maximum absolute atomic E-state index is 10.3. The zero-order valence-corrected chi connectivity index (χ0v) is 9.60. The van der Waals surface area contributed by atoms with Crippen molar-refractivity contribution in [3.8, 4) is 0 Å². The van der Waals surface area contributed by atoms with E-state index < -0.39 is 0 Å². The predicted molar refractivity (Wildman–Crippen MR) is 58.2 cm³/mol. The smallest absolute Gasteiger partial charge is 0.120 e. The van der Waals surface area contributed by atoms with E-state index in [0.29, 0.717) is 11.4 Å². The molecule has 1 atom stereocenters. The van der Waals surface area contributed by atoms with E-state index in [4.69, 9.17) is 11.6 Å². The standard InChI is InChI=1S/C10H10BrClO/c1-7(5-6-13)8-3-2-4-9(12)10(8)11/h2-4,6-7H,5H2,1H3. The summed E-state index contributed by atoms with van der Waals surface area (Å²) in [5.74, 6) is 0.213. The van der Waals surface area contributed by atoms with Crippen LogP contribution < -0.4 is 0 Å². The molecule has 1 aromatic rings. The van der Waals surface area contributed by atoms with Gasteiger partial charge in [0.25, 0.3) is 0 Å². The van der Waals surface area contributed by atoms with Crippen molar-refractivity contribution in [1.82, 2.24) is 0 Å². The van der Waals surface area contributed by atoms with E-state index >= 15 is 0 Å². The highest BCUT2D eigenvalue weighted by Gasteiger charge is 2.10. The Balaban J connectivity index is 3.00. The third-order valence-electron chi connectivity index (χ3n) is 1.96. The van der Waals surface area contributed by atoms with Crippen LogP contribution in [0.3, 0.4) is 0 Å². The molecule has 1 unspecified atom stereocenters. The van der Waals surface area contributed by atoms with Gasteiger partial charge < -0.3 is 4.79 Å². The number of carbonyl (C=O) groups is 1. The predicted octanol–water partition coefficient (Wildman–Crippen LogP) is 3.80. The second kappa shape index (κ2) is 4.77. The van der Waals surface area contributed by atoms with Crippen molar-refractivity contribution >= 4 is 33.8 Å². The van der Waals surface area contributed by atoms with Gasteiger partial charge in [-0.2, -0.15) is 0 Å². The van der Waals surface area contributed by atoms with Gasteiger partial charge in [-0.25, -0.2) is 0 Å². The molecule has 0 aliphatic rings. The van der Waals surface area contributed by atoms with Crippen molar-refractivity contribution in [2.45, 2.75) is 19.3 Å². The Labute approximate surface area is 91.2 Å². The molecule has 70 valence electrons. The molecule has 3 heteroatoms. The molecule has 1 aromatic carbocycles. The van der Waals surface area contributed by atoms with Gasteiger partial charge in [0.15, 0.2) is 0 Å². The molecule has 0 N–H and O–H groups in total. The van der Waals surface area contributed by atoms with Crippen LogP contribution in [0, 0.1) is 0 Å². The van der Waals surface area contributed by atoms with E-state index in [-0.39, 0.29) is 5.92 Å². The first-order chi connectivity index (χ1) is 6.16. The Kier molecular flexibility index (Phi) is 3.94. The molecule has 0 saturated carbocycles. The lowest BCUT2D eigenvalue weighted by molar-refractivity contribution is -0.108. The van der Waals surface area contributed by atoms with E-state index in [2.05, 4.69) is 15.9 Å². The number of aldehydes is 1. The summed E-state index contributed by atoms with van der Waals surface area (Å²) >= 11 is 9.33. The molecule has 13 heavy (non-hydrogen) atoms. The Bertz CT molecular complexity index is 312. The Hall–Kier alpha value is -0.340. The van der Waals surface area contributed by atoms with Gasteiger partial charge in [-0.05, 0) is 33.5 Å². The van der Waals surface area contributed by atoms with Crippen LogP contribution in [0.4, 0.5) is 0 Å². The average molecular weight is 262 g/mol. The van der Waals surface area contributed by atoms with Crippen molar-refractivity contribution in [2.24, 2.45) is 0 Å². The van der Waals surface area contributed by atoms with Gasteiger partial charge in [-0.1, -0.05) is 30.7 Å². The average Bonchev–Trinajstić information content (AvgIpc) is 2.10.